The van der Waals surface area contributed by atoms with Gasteiger partial charge in [0, 0.05) is 24.3 Å². The van der Waals surface area contributed by atoms with Gasteiger partial charge in [0.1, 0.15) is 5.60 Å². The number of nitrogens with one attached hydrogen (secondary N) is 1. The lowest BCUT2D eigenvalue weighted by Crippen LogP contribution is -2.42. The molecule has 2 N–H and O–H groups in total. The molecule has 0 saturated carbocycles. The Labute approximate surface area is 138 Å². The molecule has 0 bridgehead atoms. The van der Waals surface area contributed by atoms with Crippen LogP contribution < -0.4 is 5.32 Å². The number of benzene rings is 1. The predicted octanol–water partition coefficient (Wildman–Crippen LogP) is 3.55. The van der Waals surface area contributed by atoms with Crippen molar-refractivity contribution in [2.24, 2.45) is 0 Å². The van der Waals surface area contributed by atoms with Crippen LogP contribution in [0.25, 0.3) is 0 Å². The minimum absolute atomic E-state index is 0.118. The van der Waals surface area contributed by atoms with E-state index in [1.807, 2.05) is 49.9 Å². The van der Waals surface area contributed by atoms with Crippen LogP contribution in [0.5, 0.6) is 0 Å². The average molecular weight is 320 g/mol. The van der Waals surface area contributed by atoms with Crippen molar-refractivity contribution >= 4 is 11.8 Å². The number of carbonyl (C=O) groups excluding carboxylic acids is 1. The number of aliphatic hydroxyl groups excluding tert-OH is 1. The summed E-state index contributed by atoms with van der Waals surface area (Å²) in [5.74, 6) is 0. The maximum Gasteiger partial charge on any atom is 0.410 e. The van der Waals surface area contributed by atoms with Gasteiger partial charge in [-0.15, -0.1) is 0 Å². The van der Waals surface area contributed by atoms with Gasteiger partial charge in [-0.3, -0.25) is 0 Å². The number of amides is 1. The molecule has 23 heavy (non-hydrogen) atoms. The fourth-order valence-corrected chi connectivity index (χ4v) is 2.86. The quantitative estimate of drug-likeness (QED) is 0.890. The van der Waals surface area contributed by atoms with Crippen molar-refractivity contribution in [1.82, 2.24) is 4.90 Å². The summed E-state index contributed by atoms with van der Waals surface area (Å²) in [7, 11) is 0. The monoisotopic (exact) mass is 320 g/mol. The number of para-hydroxylation sites is 1. The molecule has 1 saturated heterocycles. The number of rotatable bonds is 4. The number of hydrogen-bond donors (Lipinski definition) is 2. The first-order valence-electron chi connectivity index (χ1n) is 8.28. The summed E-state index contributed by atoms with van der Waals surface area (Å²) < 4.78 is 5.49. The Bertz CT molecular complexity index is 537. The van der Waals surface area contributed by atoms with Crippen molar-refractivity contribution < 1.29 is 14.6 Å². The molecule has 1 fully saturated rings. The van der Waals surface area contributed by atoms with Crippen LogP contribution in [0.15, 0.2) is 24.3 Å². The first-order chi connectivity index (χ1) is 10.8. The summed E-state index contributed by atoms with van der Waals surface area (Å²) in [6, 6.07) is 7.83. The van der Waals surface area contributed by atoms with Gasteiger partial charge in [0.05, 0.1) is 12.1 Å². The lowest BCUT2D eigenvalue weighted by molar-refractivity contribution is 0.0235. The van der Waals surface area contributed by atoms with Gasteiger partial charge in [0.25, 0.3) is 0 Å². The van der Waals surface area contributed by atoms with E-state index in [4.69, 9.17) is 4.74 Å². The predicted molar refractivity (Wildman–Crippen MR) is 91.5 cm³/mol. The summed E-state index contributed by atoms with van der Waals surface area (Å²) in [6.45, 7) is 8.79. The number of nitrogens with zero attached hydrogens (tertiary/aromatic N) is 1. The summed E-state index contributed by atoms with van der Waals surface area (Å²) in [6.07, 6.45) is 1.18. The van der Waals surface area contributed by atoms with Gasteiger partial charge in [-0.2, -0.15) is 0 Å². The third kappa shape index (κ3) is 4.86. The minimum atomic E-state index is -0.524. The first-order valence-corrected chi connectivity index (χ1v) is 8.28. The van der Waals surface area contributed by atoms with Crippen LogP contribution in [0.1, 0.15) is 52.2 Å². The van der Waals surface area contributed by atoms with Crippen molar-refractivity contribution in [1.29, 1.82) is 0 Å². The number of likely N-dealkylation sites (tertiary alicyclic amines) is 1. The lowest BCUT2D eigenvalue weighted by Gasteiger charge is -2.29. The zero-order valence-electron chi connectivity index (χ0n) is 14.5. The number of aliphatic hydroxyl groups is 1. The van der Waals surface area contributed by atoms with Crippen LogP contribution in [0.3, 0.4) is 0 Å². The summed E-state index contributed by atoms with van der Waals surface area (Å²) in [4.78, 5) is 14.1. The van der Waals surface area contributed by atoms with Gasteiger partial charge in [0.2, 0.25) is 0 Å². The van der Waals surface area contributed by atoms with Crippen molar-refractivity contribution in [3.63, 3.8) is 0 Å². The molecule has 2 rings (SSSR count). The normalized spacial score (nSPS) is 19.5. The third-order valence-corrected chi connectivity index (χ3v) is 3.94. The van der Waals surface area contributed by atoms with E-state index < -0.39 is 11.7 Å². The number of carbonyl (C=O) groups is 1. The lowest BCUT2D eigenvalue weighted by atomic mass is 10.1. The van der Waals surface area contributed by atoms with E-state index >= 15 is 0 Å². The second-order valence-electron chi connectivity index (χ2n) is 7.11. The van der Waals surface area contributed by atoms with E-state index in [0.717, 1.165) is 30.6 Å². The van der Waals surface area contributed by atoms with Crippen LogP contribution in [-0.4, -0.2) is 40.8 Å². The second kappa shape index (κ2) is 7.21. The Balaban J connectivity index is 1.98. The van der Waals surface area contributed by atoms with Crippen molar-refractivity contribution in [2.75, 3.05) is 18.4 Å². The van der Waals surface area contributed by atoms with Crippen molar-refractivity contribution in [2.45, 2.75) is 58.3 Å². The molecular weight excluding hydrogens is 292 g/mol. The van der Waals surface area contributed by atoms with Gasteiger partial charge in [-0.25, -0.2) is 4.79 Å². The largest absolute Gasteiger partial charge is 0.444 e. The molecule has 5 heteroatoms. The van der Waals surface area contributed by atoms with E-state index in [1.54, 1.807) is 6.92 Å². The van der Waals surface area contributed by atoms with E-state index in [2.05, 4.69) is 5.32 Å². The molecule has 0 radical (unpaired) electrons. The fraction of sp³-hybridized carbons (Fsp3) is 0.611. The molecule has 1 aromatic carbocycles. The first kappa shape index (κ1) is 17.6. The molecule has 1 heterocycles. The Morgan fingerprint density at radius 3 is 2.78 bits per heavy atom. The summed E-state index contributed by atoms with van der Waals surface area (Å²) in [5.41, 5.74) is 1.31. The molecule has 0 spiro atoms. The highest BCUT2D eigenvalue weighted by atomic mass is 16.6. The molecular formula is C18H28N2O3. The Morgan fingerprint density at radius 1 is 1.43 bits per heavy atom. The Kier molecular flexibility index (Phi) is 5.52. The van der Waals surface area contributed by atoms with E-state index in [1.165, 1.54) is 0 Å². The summed E-state index contributed by atoms with van der Waals surface area (Å²) >= 11 is 0. The molecule has 1 amide bonds. The van der Waals surface area contributed by atoms with Crippen LogP contribution in [0.2, 0.25) is 0 Å². The maximum absolute atomic E-state index is 12.3. The number of ether oxygens (including phenoxy) is 1. The zero-order chi connectivity index (χ0) is 17.0. The van der Waals surface area contributed by atoms with E-state index in [0.29, 0.717) is 6.54 Å². The maximum atomic E-state index is 12.3. The highest BCUT2D eigenvalue weighted by Crippen LogP contribution is 2.25. The van der Waals surface area contributed by atoms with E-state index in [9.17, 15) is 9.90 Å². The molecule has 1 aromatic rings. The topological polar surface area (TPSA) is 61.8 Å². The van der Waals surface area contributed by atoms with E-state index in [-0.39, 0.29) is 12.1 Å². The average Bonchev–Trinajstić information content (AvgIpc) is 2.92. The third-order valence-electron chi connectivity index (χ3n) is 3.94. The fourth-order valence-electron chi connectivity index (χ4n) is 2.86. The highest BCUT2D eigenvalue weighted by molar-refractivity contribution is 5.69. The molecule has 5 nitrogen and oxygen atoms in total. The standard InChI is InChI=1S/C18H28N2O3/c1-13(21)15-9-5-6-10-16(15)19-12-14-8-7-11-20(14)17(22)23-18(2,3)4/h5-6,9-10,13-14,19,21H,7-8,11-12H2,1-4H3. The van der Waals surface area contributed by atoms with Crippen molar-refractivity contribution in [3.05, 3.63) is 29.8 Å². The van der Waals surface area contributed by atoms with Crippen LogP contribution in [-0.2, 0) is 4.74 Å². The molecule has 0 aromatic heterocycles. The van der Waals surface area contributed by atoms with Gasteiger partial charge in [0.15, 0.2) is 0 Å². The molecule has 1 aliphatic rings. The molecule has 2 unspecified atom stereocenters. The molecule has 2 atom stereocenters. The Morgan fingerprint density at radius 2 is 2.13 bits per heavy atom. The van der Waals surface area contributed by atoms with Crippen LogP contribution in [0.4, 0.5) is 10.5 Å². The number of anilines is 1. The second-order valence-corrected chi connectivity index (χ2v) is 7.11. The molecule has 128 valence electrons. The molecule has 0 aliphatic carbocycles. The van der Waals surface area contributed by atoms with Crippen molar-refractivity contribution in [3.8, 4) is 0 Å². The Hall–Kier alpha value is -1.75. The van der Waals surface area contributed by atoms with Crippen LogP contribution >= 0.6 is 0 Å². The number of hydrogen-bond acceptors (Lipinski definition) is 4. The zero-order valence-corrected chi connectivity index (χ0v) is 14.5. The van der Waals surface area contributed by atoms with Crippen LogP contribution in [0, 0.1) is 0 Å². The molecule has 1 aliphatic heterocycles. The van der Waals surface area contributed by atoms with Gasteiger partial charge >= 0.3 is 6.09 Å². The SMILES string of the molecule is CC(O)c1ccccc1NCC1CCCN1C(=O)OC(C)(C)C. The van der Waals surface area contributed by atoms with Gasteiger partial charge in [-0.1, -0.05) is 18.2 Å². The van der Waals surface area contributed by atoms with Gasteiger partial charge in [-0.05, 0) is 46.6 Å². The highest BCUT2D eigenvalue weighted by Gasteiger charge is 2.32. The smallest absolute Gasteiger partial charge is 0.410 e. The summed E-state index contributed by atoms with van der Waals surface area (Å²) in [5, 5.41) is 13.2. The van der Waals surface area contributed by atoms with Gasteiger partial charge < -0.3 is 20.1 Å². The minimum Gasteiger partial charge on any atom is -0.444 e.